The van der Waals surface area contributed by atoms with Crippen molar-refractivity contribution in [2.75, 3.05) is 13.2 Å². The predicted molar refractivity (Wildman–Crippen MR) is 122 cm³/mol. The van der Waals surface area contributed by atoms with Crippen molar-refractivity contribution in [1.82, 2.24) is 0 Å². The summed E-state index contributed by atoms with van der Waals surface area (Å²) in [5.74, 6) is 0. The van der Waals surface area contributed by atoms with Gasteiger partial charge in [-0.2, -0.15) is 0 Å². The molecule has 0 aliphatic rings. The first-order valence-electron chi connectivity index (χ1n) is 10.8. The van der Waals surface area contributed by atoms with Crippen molar-refractivity contribution in [2.45, 2.75) is 90.6 Å². The van der Waals surface area contributed by atoms with Crippen LogP contribution in [0.25, 0.3) is 0 Å². The van der Waals surface area contributed by atoms with Crippen molar-refractivity contribution in [3.63, 3.8) is 0 Å². The quantitative estimate of drug-likeness (QED) is 0.231. The molecule has 1 rings (SSSR count). The van der Waals surface area contributed by atoms with Gasteiger partial charge >= 0.3 is 0 Å². The summed E-state index contributed by atoms with van der Waals surface area (Å²) in [6.07, 6.45) is 3.77. The summed E-state index contributed by atoms with van der Waals surface area (Å²) in [7, 11) is -1.95. The van der Waals surface area contributed by atoms with Gasteiger partial charge in [0.15, 0.2) is 0 Å². The standard InChI is InChI=1S/C24H42O3Si/c1-19(2)28(20(3)4,21(5)6)27-24(17-22(7)13-15-25)14-16-26-18-23-11-9-8-10-12-23/h8-13,19-21,24-25H,14-18H2,1-7H3/b22-13+/t24-/m1/s1. The minimum Gasteiger partial charge on any atom is -0.413 e. The van der Waals surface area contributed by atoms with Gasteiger partial charge in [0, 0.05) is 6.61 Å². The van der Waals surface area contributed by atoms with Crippen LogP contribution in [-0.2, 0) is 15.8 Å². The molecule has 1 aromatic rings. The van der Waals surface area contributed by atoms with Crippen molar-refractivity contribution >= 4 is 8.32 Å². The van der Waals surface area contributed by atoms with Crippen LogP contribution in [0.2, 0.25) is 16.6 Å². The average molecular weight is 407 g/mol. The van der Waals surface area contributed by atoms with E-state index in [1.165, 1.54) is 11.1 Å². The summed E-state index contributed by atoms with van der Waals surface area (Å²) >= 11 is 0. The summed E-state index contributed by atoms with van der Waals surface area (Å²) in [5.41, 5.74) is 4.06. The maximum Gasteiger partial charge on any atom is 0.200 e. The summed E-state index contributed by atoms with van der Waals surface area (Å²) in [5, 5.41) is 9.25. The normalized spacial score (nSPS) is 14.3. The van der Waals surface area contributed by atoms with Crippen molar-refractivity contribution in [1.29, 1.82) is 0 Å². The van der Waals surface area contributed by atoms with E-state index >= 15 is 0 Å². The highest BCUT2D eigenvalue weighted by Crippen LogP contribution is 2.43. The summed E-state index contributed by atoms with van der Waals surface area (Å²) in [6, 6.07) is 10.3. The summed E-state index contributed by atoms with van der Waals surface area (Å²) in [4.78, 5) is 0. The van der Waals surface area contributed by atoms with Gasteiger partial charge in [0.05, 0.1) is 19.3 Å². The topological polar surface area (TPSA) is 38.7 Å². The minimum absolute atomic E-state index is 0.0875. The third-order valence-corrected chi connectivity index (χ3v) is 11.9. The van der Waals surface area contributed by atoms with E-state index in [9.17, 15) is 5.11 Å². The first-order valence-corrected chi connectivity index (χ1v) is 12.9. The molecule has 0 bridgehead atoms. The number of hydrogen-bond donors (Lipinski definition) is 1. The molecule has 0 spiro atoms. The van der Waals surface area contributed by atoms with E-state index < -0.39 is 8.32 Å². The van der Waals surface area contributed by atoms with Crippen LogP contribution in [0, 0.1) is 0 Å². The first-order chi connectivity index (χ1) is 13.2. The second-order valence-electron chi connectivity index (χ2n) is 8.82. The molecule has 0 aromatic heterocycles. The molecule has 0 fully saturated rings. The summed E-state index contributed by atoms with van der Waals surface area (Å²) in [6.45, 7) is 17.4. The van der Waals surface area contributed by atoms with Crippen molar-refractivity contribution in [3.8, 4) is 0 Å². The highest BCUT2D eigenvalue weighted by molar-refractivity contribution is 6.77. The van der Waals surface area contributed by atoms with Crippen LogP contribution in [0.3, 0.4) is 0 Å². The van der Waals surface area contributed by atoms with Crippen LogP contribution >= 0.6 is 0 Å². The van der Waals surface area contributed by atoms with Crippen LogP contribution in [0.15, 0.2) is 42.0 Å². The lowest BCUT2D eigenvalue weighted by atomic mass is 10.1. The Balaban J connectivity index is 2.83. The Hall–Kier alpha value is -0.943. The van der Waals surface area contributed by atoms with Crippen LogP contribution in [0.4, 0.5) is 0 Å². The van der Waals surface area contributed by atoms with E-state index in [1.54, 1.807) is 0 Å². The SMILES string of the molecule is C/C(=C\CO)C[C@@H](CCOCc1ccccc1)O[Si](C(C)C)(C(C)C)C(C)C. The highest BCUT2D eigenvalue weighted by atomic mass is 28.4. The zero-order valence-corrected chi connectivity index (χ0v) is 20.1. The average Bonchev–Trinajstić information content (AvgIpc) is 2.63. The molecule has 0 heterocycles. The molecule has 1 N–H and O–H groups in total. The number of rotatable bonds is 13. The first kappa shape index (κ1) is 25.1. The lowest BCUT2D eigenvalue weighted by molar-refractivity contribution is 0.0756. The zero-order valence-electron chi connectivity index (χ0n) is 19.1. The van der Waals surface area contributed by atoms with Crippen LogP contribution in [0.5, 0.6) is 0 Å². The fraction of sp³-hybridized carbons (Fsp3) is 0.667. The smallest absolute Gasteiger partial charge is 0.200 e. The lowest BCUT2D eigenvalue weighted by Crippen LogP contribution is -2.50. The molecule has 1 atom stereocenters. The van der Waals surface area contributed by atoms with Gasteiger partial charge in [0.25, 0.3) is 0 Å². The van der Waals surface area contributed by atoms with Crippen molar-refractivity contribution < 1.29 is 14.3 Å². The molecule has 28 heavy (non-hydrogen) atoms. The Morgan fingerprint density at radius 1 is 1.00 bits per heavy atom. The van der Waals surface area contributed by atoms with Gasteiger partial charge in [-0.05, 0) is 42.0 Å². The Morgan fingerprint density at radius 3 is 2.07 bits per heavy atom. The Kier molecular flexibility index (Phi) is 11.3. The van der Waals surface area contributed by atoms with E-state index in [2.05, 4.69) is 60.6 Å². The molecule has 0 radical (unpaired) electrons. The van der Waals surface area contributed by atoms with Crippen molar-refractivity contribution in [3.05, 3.63) is 47.5 Å². The van der Waals surface area contributed by atoms with Crippen LogP contribution in [0.1, 0.15) is 66.9 Å². The second kappa shape index (κ2) is 12.6. The van der Waals surface area contributed by atoms with Gasteiger partial charge < -0.3 is 14.3 Å². The molecule has 0 amide bonds. The second-order valence-corrected chi connectivity index (χ2v) is 14.2. The Morgan fingerprint density at radius 2 is 1.57 bits per heavy atom. The largest absolute Gasteiger partial charge is 0.413 e. The highest BCUT2D eigenvalue weighted by Gasteiger charge is 2.46. The van der Waals surface area contributed by atoms with Crippen LogP contribution < -0.4 is 0 Å². The maximum absolute atomic E-state index is 9.25. The van der Waals surface area contributed by atoms with Crippen molar-refractivity contribution in [2.24, 2.45) is 0 Å². The van der Waals surface area contributed by atoms with Gasteiger partial charge in [0.1, 0.15) is 0 Å². The maximum atomic E-state index is 9.25. The summed E-state index contributed by atoms with van der Waals surface area (Å²) < 4.78 is 13.0. The van der Waals surface area contributed by atoms with E-state index in [1.807, 2.05) is 24.3 Å². The van der Waals surface area contributed by atoms with E-state index in [0.29, 0.717) is 29.8 Å². The van der Waals surface area contributed by atoms with E-state index in [-0.39, 0.29) is 12.7 Å². The monoisotopic (exact) mass is 406 g/mol. The van der Waals surface area contributed by atoms with Gasteiger partial charge in [-0.15, -0.1) is 0 Å². The van der Waals surface area contributed by atoms with Gasteiger partial charge in [-0.3, -0.25) is 0 Å². The Bertz CT molecular complexity index is 545. The van der Waals surface area contributed by atoms with Crippen LogP contribution in [-0.4, -0.2) is 32.7 Å². The van der Waals surface area contributed by atoms with Gasteiger partial charge in [-0.25, -0.2) is 0 Å². The number of hydrogen-bond acceptors (Lipinski definition) is 3. The van der Waals surface area contributed by atoms with E-state index in [4.69, 9.17) is 9.16 Å². The molecular weight excluding hydrogens is 364 g/mol. The molecule has 0 saturated heterocycles. The molecule has 4 heteroatoms. The fourth-order valence-corrected chi connectivity index (χ4v) is 10.1. The number of aliphatic hydroxyl groups excluding tert-OH is 1. The molecule has 3 nitrogen and oxygen atoms in total. The fourth-order valence-electron chi connectivity index (χ4n) is 4.48. The van der Waals surface area contributed by atoms with Gasteiger partial charge in [0.2, 0.25) is 8.32 Å². The molecule has 0 aliphatic heterocycles. The molecule has 0 saturated carbocycles. The molecule has 0 aliphatic carbocycles. The number of ether oxygens (including phenoxy) is 1. The molecule has 1 aromatic carbocycles. The minimum atomic E-state index is -1.95. The third-order valence-electron chi connectivity index (χ3n) is 5.76. The lowest BCUT2D eigenvalue weighted by Gasteiger charge is -2.45. The van der Waals surface area contributed by atoms with E-state index in [0.717, 1.165) is 12.8 Å². The van der Waals surface area contributed by atoms with Gasteiger partial charge in [-0.1, -0.05) is 83.5 Å². The number of benzene rings is 1. The molecule has 160 valence electrons. The Labute approximate surface area is 174 Å². The molecular formula is C24H42O3Si. The molecule has 0 unspecified atom stereocenters. The number of aliphatic hydroxyl groups is 1. The zero-order chi connectivity index (χ0) is 21.2. The predicted octanol–water partition coefficient (Wildman–Crippen LogP) is 6.48. The third kappa shape index (κ3) is 7.47.